The summed E-state index contributed by atoms with van der Waals surface area (Å²) in [4.78, 5) is 26.1. The van der Waals surface area contributed by atoms with E-state index < -0.39 is 11.9 Å². The summed E-state index contributed by atoms with van der Waals surface area (Å²) in [5, 5.41) is 0. The zero-order valence-corrected chi connectivity index (χ0v) is 14.9. The van der Waals surface area contributed by atoms with Gasteiger partial charge in [-0.05, 0) is 36.4 Å². The number of para-hydroxylation sites is 2. The summed E-state index contributed by atoms with van der Waals surface area (Å²) in [6.07, 6.45) is 0.0930. The van der Waals surface area contributed by atoms with Crippen LogP contribution >= 0.6 is 0 Å². The number of amides is 1. The van der Waals surface area contributed by atoms with Crippen molar-refractivity contribution < 1.29 is 28.2 Å². The van der Waals surface area contributed by atoms with Crippen LogP contribution in [0.25, 0.3) is 0 Å². The third-order valence-corrected chi connectivity index (χ3v) is 4.24. The van der Waals surface area contributed by atoms with Crippen LogP contribution in [-0.4, -0.2) is 38.7 Å². The molecule has 27 heavy (non-hydrogen) atoms. The van der Waals surface area contributed by atoms with E-state index in [1.165, 1.54) is 31.4 Å². The van der Waals surface area contributed by atoms with Gasteiger partial charge in [-0.25, -0.2) is 4.39 Å². The van der Waals surface area contributed by atoms with Gasteiger partial charge in [-0.15, -0.1) is 0 Å². The predicted molar refractivity (Wildman–Crippen MR) is 96.3 cm³/mol. The van der Waals surface area contributed by atoms with Crippen molar-refractivity contribution in [1.82, 2.24) is 0 Å². The van der Waals surface area contributed by atoms with Crippen LogP contribution in [-0.2, 0) is 14.3 Å². The van der Waals surface area contributed by atoms with E-state index in [1.54, 1.807) is 17.0 Å². The van der Waals surface area contributed by atoms with Gasteiger partial charge >= 0.3 is 5.97 Å². The molecule has 1 amide bonds. The molecule has 1 aliphatic rings. The van der Waals surface area contributed by atoms with Crippen molar-refractivity contribution in [3.05, 3.63) is 54.3 Å². The largest absolute Gasteiger partial charge is 0.495 e. The number of rotatable bonds is 7. The van der Waals surface area contributed by atoms with E-state index in [-0.39, 0.29) is 37.9 Å². The Morgan fingerprint density at radius 2 is 1.89 bits per heavy atom. The van der Waals surface area contributed by atoms with Crippen molar-refractivity contribution in [2.45, 2.75) is 6.42 Å². The first-order valence-electron chi connectivity index (χ1n) is 8.57. The van der Waals surface area contributed by atoms with Gasteiger partial charge in [-0.2, -0.15) is 0 Å². The molecule has 0 bridgehead atoms. The molecule has 0 aromatic heterocycles. The average Bonchev–Trinajstić information content (AvgIpc) is 3.08. The highest BCUT2D eigenvalue weighted by atomic mass is 19.1. The fourth-order valence-electron chi connectivity index (χ4n) is 2.90. The van der Waals surface area contributed by atoms with Gasteiger partial charge in [-0.1, -0.05) is 12.1 Å². The number of hydrogen-bond donors (Lipinski definition) is 0. The SMILES string of the molecule is COc1ccccc1N1C[C@@H](C(=O)OCCOc2ccc(F)cc2)CC1=O. The Morgan fingerprint density at radius 3 is 2.63 bits per heavy atom. The molecule has 142 valence electrons. The predicted octanol–water partition coefficient (Wildman–Crippen LogP) is 2.81. The normalized spacial score (nSPS) is 16.3. The highest BCUT2D eigenvalue weighted by Gasteiger charge is 2.37. The van der Waals surface area contributed by atoms with Crippen LogP contribution in [0, 0.1) is 11.7 Å². The van der Waals surface area contributed by atoms with E-state index in [9.17, 15) is 14.0 Å². The number of carbonyl (C=O) groups is 2. The van der Waals surface area contributed by atoms with Gasteiger partial charge in [0.2, 0.25) is 5.91 Å². The maximum atomic E-state index is 12.8. The van der Waals surface area contributed by atoms with Crippen LogP contribution in [0.2, 0.25) is 0 Å². The monoisotopic (exact) mass is 373 g/mol. The Labute approximate surface area is 156 Å². The van der Waals surface area contributed by atoms with Crippen molar-refractivity contribution >= 4 is 17.6 Å². The molecule has 0 N–H and O–H groups in total. The number of anilines is 1. The molecule has 7 heteroatoms. The van der Waals surface area contributed by atoms with E-state index in [2.05, 4.69) is 0 Å². The lowest BCUT2D eigenvalue weighted by atomic mass is 10.1. The van der Waals surface area contributed by atoms with Gasteiger partial charge in [0.15, 0.2) is 0 Å². The summed E-state index contributed by atoms with van der Waals surface area (Å²) < 4.78 is 28.7. The molecule has 0 aliphatic carbocycles. The van der Waals surface area contributed by atoms with Crippen LogP contribution in [0.5, 0.6) is 11.5 Å². The Hall–Kier alpha value is -3.09. The standard InChI is InChI=1S/C20H20FNO5/c1-25-18-5-3-2-4-17(18)22-13-14(12-19(22)23)20(24)27-11-10-26-16-8-6-15(21)7-9-16/h2-9,14H,10-13H2,1H3/t14-/m0/s1. The van der Waals surface area contributed by atoms with Crippen LogP contribution < -0.4 is 14.4 Å². The Kier molecular flexibility index (Phi) is 5.90. The Bertz CT molecular complexity index is 808. The van der Waals surface area contributed by atoms with Crippen molar-refractivity contribution in [1.29, 1.82) is 0 Å². The number of halogens is 1. The van der Waals surface area contributed by atoms with Crippen LogP contribution in [0.1, 0.15) is 6.42 Å². The molecule has 1 heterocycles. The van der Waals surface area contributed by atoms with Gasteiger partial charge in [0, 0.05) is 13.0 Å². The van der Waals surface area contributed by atoms with Gasteiger partial charge < -0.3 is 19.1 Å². The first-order valence-corrected chi connectivity index (χ1v) is 8.57. The lowest BCUT2D eigenvalue weighted by molar-refractivity contribution is -0.149. The minimum atomic E-state index is -0.534. The molecule has 0 radical (unpaired) electrons. The third kappa shape index (κ3) is 4.55. The minimum Gasteiger partial charge on any atom is -0.495 e. The number of esters is 1. The van der Waals surface area contributed by atoms with Gasteiger partial charge in [0.1, 0.15) is 30.5 Å². The summed E-state index contributed by atoms with van der Waals surface area (Å²) in [5.41, 5.74) is 0.639. The summed E-state index contributed by atoms with van der Waals surface area (Å²) in [5.74, 6) is -0.404. The summed E-state index contributed by atoms with van der Waals surface area (Å²) in [6, 6.07) is 12.7. The molecule has 2 aromatic rings. The number of carbonyl (C=O) groups excluding carboxylic acids is 2. The lowest BCUT2D eigenvalue weighted by Crippen LogP contribution is -2.27. The van der Waals surface area contributed by atoms with Crippen LogP contribution in [0.3, 0.4) is 0 Å². The quantitative estimate of drug-likeness (QED) is 0.552. The fourth-order valence-corrected chi connectivity index (χ4v) is 2.90. The maximum absolute atomic E-state index is 12.8. The molecular weight excluding hydrogens is 353 g/mol. The molecule has 6 nitrogen and oxygen atoms in total. The van der Waals surface area contributed by atoms with E-state index in [4.69, 9.17) is 14.2 Å². The molecule has 1 saturated heterocycles. The second kappa shape index (κ2) is 8.53. The minimum absolute atomic E-state index is 0.0511. The lowest BCUT2D eigenvalue weighted by Gasteiger charge is -2.19. The molecule has 3 rings (SSSR count). The zero-order valence-electron chi connectivity index (χ0n) is 14.9. The van der Waals surface area contributed by atoms with Gasteiger partial charge in [0.05, 0.1) is 18.7 Å². The smallest absolute Gasteiger partial charge is 0.311 e. The van der Waals surface area contributed by atoms with Crippen molar-refractivity contribution in [3.8, 4) is 11.5 Å². The molecule has 1 fully saturated rings. The molecule has 1 aliphatic heterocycles. The number of benzene rings is 2. The van der Waals surface area contributed by atoms with E-state index in [0.29, 0.717) is 17.2 Å². The molecule has 0 unspecified atom stereocenters. The molecule has 0 spiro atoms. The van der Waals surface area contributed by atoms with E-state index in [1.807, 2.05) is 12.1 Å². The topological polar surface area (TPSA) is 65.1 Å². The molecular formula is C20H20FNO5. The van der Waals surface area contributed by atoms with Crippen LogP contribution in [0.15, 0.2) is 48.5 Å². The van der Waals surface area contributed by atoms with Crippen molar-refractivity contribution in [3.63, 3.8) is 0 Å². The Balaban J connectivity index is 1.49. The van der Waals surface area contributed by atoms with Crippen molar-refractivity contribution in [2.24, 2.45) is 5.92 Å². The van der Waals surface area contributed by atoms with Crippen LogP contribution in [0.4, 0.5) is 10.1 Å². The second-order valence-electron chi connectivity index (χ2n) is 6.05. The number of methoxy groups -OCH3 is 1. The highest BCUT2D eigenvalue weighted by molar-refractivity contribution is 6.00. The van der Waals surface area contributed by atoms with E-state index in [0.717, 1.165) is 0 Å². The van der Waals surface area contributed by atoms with Crippen molar-refractivity contribution in [2.75, 3.05) is 31.8 Å². The van der Waals surface area contributed by atoms with E-state index >= 15 is 0 Å². The Morgan fingerprint density at radius 1 is 1.15 bits per heavy atom. The molecule has 2 aromatic carbocycles. The second-order valence-corrected chi connectivity index (χ2v) is 6.05. The highest BCUT2D eigenvalue weighted by Crippen LogP contribution is 2.33. The molecule has 1 atom stereocenters. The molecule has 0 saturated carbocycles. The number of ether oxygens (including phenoxy) is 3. The van der Waals surface area contributed by atoms with Gasteiger partial charge in [0.25, 0.3) is 0 Å². The summed E-state index contributed by atoms with van der Waals surface area (Å²) >= 11 is 0. The summed E-state index contributed by atoms with van der Waals surface area (Å²) in [6.45, 7) is 0.445. The maximum Gasteiger partial charge on any atom is 0.311 e. The third-order valence-electron chi connectivity index (χ3n) is 4.24. The average molecular weight is 373 g/mol. The zero-order chi connectivity index (χ0) is 19.2. The van der Waals surface area contributed by atoms with Gasteiger partial charge in [-0.3, -0.25) is 9.59 Å². The number of hydrogen-bond acceptors (Lipinski definition) is 5. The first kappa shape index (κ1) is 18.7. The first-order chi connectivity index (χ1) is 13.1. The fraction of sp³-hybridized carbons (Fsp3) is 0.300. The number of nitrogens with zero attached hydrogens (tertiary/aromatic N) is 1. The summed E-state index contributed by atoms with van der Waals surface area (Å²) in [7, 11) is 1.53.